The summed E-state index contributed by atoms with van der Waals surface area (Å²) in [6.07, 6.45) is 0. The van der Waals surface area contributed by atoms with Gasteiger partial charge in [0.1, 0.15) is 0 Å². The van der Waals surface area contributed by atoms with Crippen molar-refractivity contribution in [3.05, 3.63) is 107 Å². The molecule has 0 spiro atoms. The van der Waals surface area contributed by atoms with Crippen molar-refractivity contribution in [1.82, 2.24) is 0 Å². The van der Waals surface area contributed by atoms with Crippen LogP contribution in [0.15, 0.2) is 89.9 Å². The predicted molar refractivity (Wildman–Crippen MR) is 114 cm³/mol. The monoisotopic (exact) mass is 352 g/mol. The molecule has 2 N–H and O–H groups in total. The summed E-state index contributed by atoms with van der Waals surface area (Å²) < 4.78 is 0. The van der Waals surface area contributed by atoms with Gasteiger partial charge in [-0.3, -0.25) is 0 Å². The Bertz CT molecular complexity index is 1000. The van der Waals surface area contributed by atoms with E-state index in [1.807, 2.05) is 24.3 Å². The Hall–Kier alpha value is -3.13. The molecule has 0 bridgehead atoms. The van der Waals surface area contributed by atoms with Crippen molar-refractivity contribution in [3.63, 3.8) is 0 Å². The van der Waals surface area contributed by atoms with Crippen LogP contribution in [0.25, 0.3) is 11.4 Å². The second kappa shape index (κ2) is 7.24. The van der Waals surface area contributed by atoms with Crippen LogP contribution in [0.1, 0.15) is 42.0 Å². The molecule has 0 radical (unpaired) electrons. The average molecular weight is 352 g/mol. The highest BCUT2D eigenvalue weighted by Gasteiger charge is 2.27. The molecule has 0 aromatic heterocycles. The molecule has 0 saturated heterocycles. The van der Waals surface area contributed by atoms with Crippen LogP contribution in [0, 0.1) is 5.92 Å². The summed E-state index contributed by atoms with van der Waals surface area (Å²) in [5.74, 6) is 0.580. The minimum atomic E-state index is 0.264. The molecule has 2 heteroatoms. The van der Waals surface area contributed by atoms with Crippen LogP contribution in [0.5, 0.6) is 0 Å². The smallest absolute Gasteiger partial charge is 0.0941 e. The number of hydrogen-bond acceptors (Lipinski definition) is 2. The van der Waals surface area contributed by atoms with Crippen LogP contribution in [-0.2, 0) is 0 Å². The van der Waals surface area contributed by atoms with Gasteiger partial charge in [0.2, 0.25) is 0 Å². The van der Waals surface area contributed by atoms with E-state index in [9.17, 15) is 0 Å². The van der Waals surface area contributed by atoms with Gasteiger partial charge in [0.05, 0.1) is 17.1 Å². The highest BCUT2D eigenvalue weighted by Crippen LogP contribution is 2.37. The van der Waals surface area contributed by atoms with E-state index in [-0.39, 0.29) is 5.92 Å². The summed E-state index contributed by atoms with van der Waals surface area (Å²) in [5.41, 5.74) is 13.9. The summed E-state index contributed by atoms with van der Waals surface area (Å²) >= 11 is 0. The molecule has 2 unspecified atom stereocenters. The minimum Gasteiger partial charge on any atom is -0.396 e. The number of aliphatic imine (C=N–C) groups is 1. The van der Waals surface area contributed by atoms with Crippen molar-refractivity contribution in [3.8, 4) is 0 Å². The highest BCUT2D eigenvalue weighted by atomic mass is 14.8. The molecule has 1 aliphatic heterocycles. The topological polar surface area (TPSA) is 38.4 Å². The fourth-order valence-electron chi connectivity index (χ4n) is 3.81. The summed E-state index contributed by atoms with van der Waals surface area (Å²) in [6, 6.07) is 29.1. The van der Waals surface area contributed by atoms with E-state index in [2.05, 4.69) is 74.5 Å². The number of nitrogens with zero attached hydrogens (tertiary/aromatic N) is 1. The molecule has 0 saturated carbocycles. The Kier molecular flexibility index (Phi) is 4.64. The summed E-state index contributed by atoms with van der Waals surface area (Å²) in [4.78, 5) is 5.16. The average Bonchev–Trinajstić information content (AvgIpc) is 2.74. The molecule has 2 nitrogen and oxygen atoms in total. The van der Waals surface area contributed by atoms with E-state index >= 15 is 0 Å². The van der Waals surface area contributed by atoms with Gasteiger partial charge in [-0.05, 0) is 17.0 Å². The summed E-state index contributed by atoms with van der Waals surface area (Å²) in [6.45, 7) is 4.53. The third kappa shape index (κ3) is 3.19. The van der Waals surface area contributed by atoms with Crippen LogP contribution in [0.4, 0.5) is 0 Å². The predicted octanol–water partition coefficient (Wildman–Crippen LogP) is 5.71. The first-order chi connectivity index (χ1) is 13.2. The van der Waals surface area contributed by atoms with Crippen molar-refractivity contribution in [2.45, 2.75) is 19.8 Å². The van der Waals surface area contributed by atoms with Crippen LogP contribution < -0.4 is 5.73 Å². The van der Waals surface area contributed by atoms with E-state index in [0.29, 0.717) is 5.92 Å². The maximum Gasteiger partial charge on any atom is 0.0941 e. The minimum absolute atomic E-state index is 0.264. The zero-order valence-electron chi connectivity index (χ0n) is 15.8. The number of benzene rings is 3. The van der Waals surface area contributed by atoms with E-state index in [1.54, 1.807) is 0 Å². The van der Waals surface area contributed by atoms with E-state index in [0.717, 1.165) is 33.8 Å². The van der Waals surface area contributed by atoms with Gasteiger partial charge in [-0.2, -0.15) is 0 Å². The lowest BCUT2D eigenvalue weighted by molar-refractivity contribution is 0.622. The number of rotatable bonds is 2. The first-order valence-electron chi connectivity index (χ1n) is 9.45. The van der Waals surface area contributed by atoms with Gasteiger partial charge in [-0.25, -0.2) is 4.99 Å². The van der Waals surface area contributed by atoms with Crippen LogP contribution in [0.3, 0.4) is 0 Å². The standard InChI is InChI=1S/C25H24N2/c1-17-18(2)24(19-11-5-3-6-12-19)27-25(20-13-7-4-8-14-20)23(26)22-16-10-9-15-21(17)22/h3-18H,26H2,1-2H3/b25-23-,27-24?. The lowest BCUT2D eigenvalue weighted by Crippen LogP contribution is -2.22. The fraction of sp³-hybridized carbons (Fsp3) is 0.160. The number of nitrogens with two attached hydrogens (primary N) is 1. The second-order valence-corrected chi connectivity index (χ2v) is 7.16. The van der Waals surface area contributed by atoms with Gasteiger partial charge in [0.15, 0.2) is 0 Å². The van der Waals surface area contributed by atoms with Crippen LogP contribution in [0.2, 0.25) is 0 Å². The molecule has 134 valence electrons. The molecule has 3 aromatic carbocycles. The largest absolute Gasteiger partial charge is 0.396 e. The van der Waals surface area contributed by atoms with E-state index in [4.69, 9.17) is 10.7 Å². The third-order valence-corrected chi connectivity index (χ3v) is 5.53. The van der Waals surface area contributed by atoms with Gasteiger partial charge < -0.3 is 5.73 Å². The van der Waals surface area contributed by atoms with Crippen molar-refractivity contribution >= 4 is 17.1 Å². The van der Waals surface area contributed by atoms with Gasteiger partial charge in [0, 0.05) is 17.0 Å². The SMILES string of the molecule is CC1C(c2ccccc2)=N/C(c2ccccc2)=C(\N)c2ccccc2C1C. The van der Waals surface area contributed by atoms with E-state index in [1.165, 1.54) is 5.56 Å². The Balaban J connectivity index is 2.03. The molecule has 0 fully saturated rings. The summed E-state index contributed by atoms with van der Waals surface area (Å²) in [5, 5.41) is 0. The molecule has 4 rings (SSSR count). The van der Waals surface area contributed by atoms with Crippen LogP contribution >= 0.6 is 0 Å². The quantitative estimate of drug-likeness (QED) is 0.630. The first kappa shape index (κ1) is 17.3. The highest BCUT2D eigenvalue weighted by molar-refractivity contribution is 6.08. The third-order valence-electron chi connectivity index (χ3n) is 5.53. The number of fused-ring (bicyclic) bond motifs is 1. The molecule has 27 heavy (non-hydrogen) atoms. The van der Waals surface area contributed by atoms with Gasteiger partial charge in [-0.15, -0.1) is 0 Å². The Morgan fingerprint density at radius 2 is 1.22 bits per heavy atom. The maximum atomic E-state index is 6.71. The molecular formula is C25H24N2. The normalized spacial score (nSPS) is 22.4. The Morgan fingerprint density at radius 1 is 0.667 bits per heavy atom. The van der Waals surface area contributed by atoms with Crippen molar-refractivity contribution < 1.29 is 0 Å². The van der Waals surface area contributed by atoms with E-state index < -0.39 is 0 Å². The fourth-order valence-corrected chi connectivity index (χ4v) is 3.81. The Morgan fingerprint density at radius 3 is 1.89 bits per heavy atom. The lowest BCUT2D eigenvalue weighted by atomic mass is 9.79. The van der Waals surface area contributed by atoms with Crippen molar-refractivity contribution in [1.29, 1.82) is 0 Å². The molecule has 1 aliphatic rings. The molecule has 3 aromatic rings. The van der Waals surface area contributed by atoms with Gasteiger partial charge in [0.25, 0.3) is 0 Å². The number of hydrogen-bond donors (Lipinski definition) is 1. The molecule has 0 amide bonds. The van der Waals surface area contributed by atoms with Crippen LogP contribution in [-0.4, -0.2) is 5.71 Å². The zero-order valence-corrected chi connectivity index (χ0v) is 15.8. The molecular weight excluding hydrogens is 328 g/mol. The maximum absolute atomic E-state index is 6.71. The van der Waals surface area contributed by atoms with Gasteiger partial charge >= 0.3 is 0 Å². The molecule has 1 heterocycles. The van der Waals surface area contributed by atoms with Crippen molar-refractivity contribution in [2.24, 2.45) is 16.6 Å². The summed E-state index contributed by atoms with van der Waals surface area (Å²) in [7, 11) is 0. The lowest BCUT2D eigenvalue weighted by Gasteiger charge is -2.28. The molecule has 2 atom stereocenters. The zero-order chi connectivity index (χ0) is 18.8. The second-order valence-electron chi connectivity index (χ2n) is 7.16. The Labute approximate surface area is 161 Å². The molecule has 0 aliphatic carbocycles. The van der Waals surface area contributed by atoms with Crippen molar-refractivity contribution in [2.75, 3.05) is 0 Å². The van der Waals surface area contributed by atoms with Gasteiger partial charge in [-0.1, -0.05) is 98.8 Å². The first-order valence-corrected chi connectivity index (χ1v) is 9.45.